The second-order valence-electron chi connectivity index (χ2n) is 6.12. The van der Waals surface area contributed by atoms with E-state index in [9.17, 15) is 18.8 Å². The zero-order chi connectivity index (χ0) is 19.2. The number of amides is 3. The Morgan fingerprint density at radius 2 is 1.85 bits per heavy atom. The lowest BCUT2D eigenvalue weighted by Crippen LogP contribution is -2.48. The summed E-state index contributed by atoms with van der Waals surface area (Å²) in [6.45, 7) is 0. The van der Waals surface area contributed by atoms with E-state index in [-0.39, 0.29) is 18.3 Å². The Balaban J connectivity index is 1.36. The first-order valence-electron chi connectivity index (χ1n) is 8.49. The molecule has 0 unspecified atom stereocenters. The number of hydrogen-bond acceptors (Lipinski definition) is 6. The molecule has 0 radical (unpaired) electrons. The van der Waals surface area contributed by atoms with Crippen molar-refractivity contribution in [3.05, 3.63) is 36.0 Å². The Labute approximate surface area is 153 Å². The molecular weight excluding hydrogens is 357 g/mol. The van der Waals surface area contributed by atoms with Crippen LogP contribution in [-0.4, -0.2) is 33.9 Å². The first-order valence-corrected chi connectivity index (χ1v) is 8.49. The van der Waals surface area contributed by atoms with Crippen molar-refractivity contribution in [3.63, 3.8) is 0 Å². The third kappa shape index (κ3) is 5.59. The average molecular weight is 375 g/mol. The summed E-state index contributed by atoms with van der Waals surface area (Å²) < 4.78 is 18.0. The molecule has 1 aliphatic rings. The number of halogens is 1. The van der Waals surface area contributed by atoms with E-state index >= 15 is 0 Å². The lowest BCUT2D eigenvalue weighted by atomic mass is 10.2. The van der Waals surface area contributed by atoms with Gasteiger partial charge in [0.25, 0.3) is 0 Å². The van der Waals surface area contributed by atoms with Gasteiger partial charge in [0.1, 0.15) is 5.82 Å². The number of carbonyl (C=O) groups excluding carboxylic acids is 3. The van der Waals surface area contributed by atoms with Crippen molar-refractivity contribution < 1.29 is 23.3 Å². The Kier molecular flexibility index (Phi) is 5.74. The van der Waals surface area contributed by atoms with Crippen LogP contribution in [0.4, 0.5) is 4.39 Å². The summed E-state index contributed by atoms with van der Waals surface area (Å²) >= 11 is 0. The molecule has 2 aromatic rings. The summed E-state index contributed by atoms with van der Waals surface area (Å²) in [4.78, 5) is 38.8. The van der Waals surface area contributed by atoms with Crippen LogP contribution >= 0.6 is 0 Å². The number of hydrazine groups is 1. The van der Waals surface area contributed by atoms with E-state index in [0.29, 0.717) is 30.1 Å². The summed E-state index contributed by atoms with van der Waals surface area (Å²) in [6.07, 6.45) is 2.59. The maximum absolute atomic E-state index is 12.9. The molecule has 0 bridgehead atoms. The number of nitrogens with zero attached hydrogens (tertiary/aromatic N) is 2. The van der Waals surface area contributed by atoms with Gasteiger partial charge in [0.05, 0.1) is 0 Å². The van der Waals surface area contributed by atoms with Crippen molar-refractivity contribution in [2.24, 2.45) is 0 Å². The lowest BCUT2D eigenvalue weighted by molar-refractivity contribution is -0.141. The number of aryl methyl sites for hydroxylation is 1. The molecule has 1 saturated carbocycles. The molecule has 0 aliphatic heterocycles. The van der Waals surface area contributed by atoms with Crippen molar-refractivity contribution in [1.82, 2.24) is 26.3 Å². The number of benzene rings is 1. The smallest absolute Gasteiger partial charge is 0.327 e. The molecule has 1 fully saturated rings. The quantitative estimate of drug-likeness (QED) is 0.502. The first kappa shape index (κ1) is 18.5. The highest BCUT2D eigenvalue weighted by atomic mass is 19.1. The standard InChI is InChI=1S/C17H18FN5O4/c18-11-6-4-10(5-7-11)15-20-14(27-23-15)3-1-2-13(24)21-22-17(26)16(25)19-12-8-9-12/h4-7,12H,1-3,8-9H2,(H,19,25)(H,21,24)(H,22,26). The van der Waals surface area contributed by atoms with Crippen molar-refractivity contribution in [1.29, 1.82) is 0 Å². The van der Waals surface area contributed by atoms with E-state index in [0.717, 1.165) is 12.8 Å². The third-order valence-corrected chi connectivity index (χ3v) is 3.80. The molecule has 3 N–H and O–H groups in total. The monoisotopic (exact) mass is 375 g/mol. The van der Waals surface area contributed by atoms with Crippen molar-refractivity contribution in [2.75, 3.05) is 0 Å². The molecule has 1 aromatic carbocycles. The van der Waals surface area contributed by atoms with Gasteiger partial charge in [-0.3, -0.25) is 25.2 Å². The predicted octanol–water partition coefficient (Wildman–Crippen LogP) is 0.624. The lowest BCUT2D eigenvalue weighted by Gasteiger charge is -2.06. The highest BCUT2D eigenvalue weighted by Gasteiger charge is 2.26. The molecule has 0 saturated heterocycles. The van der Waals surface area contributed by atoms with Gasteiger partial charge in [-0.1, -0.05) is 5.16 Å². The SMILES string of the molecule is O=C(CCCc1nc(-c2ccc(F)cc2)no1)NNC(=O)C(=O)NC1CC1. The summed E-state index contributed by atoms with van der Waals surface area (Å²) in [5.41, 5.74) is 4.86. The van der Waals surface area contributed by atoms with Gasteiger partial charge < -0.3 is 9.84 Å². The van der Waals surface area contributed by atoms with E-state index in [1.54, 1.807) is 12.1 Å². The highest BCUT2D eigenvalue weighted by molar-refractivity contribution is 6.35. The van der Waals surface area contributed by atoms with Crippen LogP contribution in [0.25, 0.3) is 11.4 Å². The van der Waals surface area contributed by atoms with E-state index in [2.05, 4.69) is 26.3 Å². The normalized spacial score (nSPS) is 13.1. The fourth-order valence-electron chi connectivity index (χ4n) is 2.20. The fraction of sp³-hybridized carbons (Fsp3) is 0.353. The van der Waals surface area contributed by atoms with E-state index in [1.165, 1.54) is 12.1 Å². The van der Waals surface area contributed by atoms with Crippen LogP contribution in [0, 0.1) is 5.82 Å². The number of aromatic nitrogens is 2. The number of carbonyl (C=O) groups is 3. The molecule has 1 aromatic heterocycles. The first-order chi connectivity index (χ1) is 13.0. The molecule has 3 amide bonds. The summed E-state index contributed by atoms with van der Waals surface area (Å²) in [7, 11) is 0. The summed E-state index contributed by atoms with van der Waals surface area (Å²) in [5.74, 6) is -1.79. The Morgan fingerprint density at radius 1 is 1.11 bits per heavy atom. The van der Waals surface area contributed by atoms with E-state index in [4.69, 9.17) is 4.52 Å². The van der Waals surface area contributed by atoms with Crippen molar-refractivity contribution >= 4 is 17.7 Å². The molecular formula is C17H18FN5O4. The number of hydrogen-bond donors (Lipinski definition) is 3. The van der Waals surface area contributed by atoms with Crippen molar-refractivity contribution in [3.8, 4) is 11.4 Å². The number of rotatable bonds is 6. The molecule has 1 aliphatic carbocycles. The topological polar surface area (TPSA) is 126 Å². The Bertz CT molecular complexity index is 832. The molecule has 0 spiro atoms. The van der Waals surface area contributed by atoms with Gasteiger partial charge in [-0.15, -0.1) is 0 Å². The van der Waals surface area contributed by atoms with E-state index in [1.807, 2.05) is 0 Å². The third-order valence-electron chi connectivity index (χ3n) is 3.80. The van der Waals surface area contributed by atoms with Crippen LogP contribution in [-0.2, 0) is 20.8 Å². The summed E-state index contributed by atoms with van der Waals surface area (Å²) in [6, 6.07) is 5.75. The zero-order valence-corrected chi connectivity index (χ0v) is 14.3. The second kappa shape index (κ2) is 8.39. The predicted molar refractivity (Wildman–Crippen MR) is 90.1 cm³/mol. The van der Waals surface area contributed by atoms with Crippen LogP contribution in [0.5, 0.6) is 0 Å². The van der Waals surface area contributed by atoms with Gasteiger partial charge in [0.2, 0.25) is 17.6 Å². The molecule has 0 atom stereocenters. The van der Waals surface area contributed by atoms with Gasteiger partial charge >= 0.3 is 11.8 Å². The van der Waals surface area contributed by atoms with Crippen LogP contribution in [0.15, 0.2) is 28.8 Å². The minimum absolute atomic E-state index is 0.0631. The molecule has 142 valence electrons. The van der Waals surface area contributed by atoms with E-state index < -0.39 is 17.7 Å². The van der Waals surface area contributed by atoms with Gasteiger partial charge in [0, 0.05) is 24.4 Å². The molecule has 3 rings (SSSR count). The largest absolute Gasteiger partial charge is 0.345 e. The van der Waals surface area contributed by atoms with Gasteiger partial charge in [0.15, 0.2) is 0 Å². The summed E-state index contributed by atoms with van der Waals surface area (Å²) in [5, 5.41) is 6.32. The van der Waals surface area contributed by atoms with Gasteiger partial charge in [-0.05, 0) is 43.5 Å². The maximum atomic E-state index is 12.9. The number of nitrogens with one attached hydrogen (secondary N) is 3. The second-order valence-corrected chi connectivity index (χ2v) is 6.12. The molecule has 1 heterocycles. The minimum atomic E-state index is -0.906. The fourth-order valence-corrected chi connectivity index (χ4v) is 2.20. The average Bonchev–Trinajstić information content (AvgIpc) is 3.35. The minimum Gasteiger partial charge on any atom is -0.345 e. The van der Waals surface area contributed by atoms with Crippen LogP contribution in [0.2, 0.25) is 0 Å². The maximum Gasteiger partial charge on any atom is 0.327 e. The van der Waals surface area contributed by atoms with Crippen molar-refractivity contribution in [2.45, 2.75) is 38.1 Å². The molecule has 27 heavy (non-hydrogen) atoms. The highest BCUT2D eigenvalue weighted by Crippen LogP contribution is 2.18. The Morgan fingerprint density at radius 3 is 2.56 bits per heavy atom. The Hall–Kier alpha value is -3.30. The molecule has 9 nitrogen and oxygen atoms in total. The van der Waals surface area contributed by atoms with Crippen LogP contribution in [0.3, 0.4) is 0 Å². The van der Waals surface area contributed by atoms with Gasteiger partial charge in [-0.25, -0.2) is 4.39 Å². The van der Waals surface area contributed by atoms with Crippen LogP contribution < -0.4 is 16.2 Å². The van der Waals surface area contributed by atoms with Crippen LogP contribution in [0.1, 0.15) is 31.6 Å². The molecule has 10 heteroatoms. The zero-order valence-electron chi connectivity index (χ0n) is 14.3. The van der Waals surface area contributed by atoms with Gasteiger partial charge in [-0.2, -0.15) is 4.98 Å².